The summed E-state index contributed by atoms with van der Waals surface area (Å²) in [5, 5.41) is 2.66. The number of nitrogens with zero attached hydrogens (tertiary/aromatic N) is 1. The number of carbonyl (C=O) groups excluding carboxylic acids is 1. The molecule has 0 aliphatic heterocycles. The van der Waals surface area contributed by atoms with Crippen molar-refractivity contribution < 1.29 is 9.53 Å². The topological polar surface area (TPSA) is 76.7 Å². The molecule has 0 aromatic rings. The lowest BCUT2D eigenvalue weighted by Gasteiger charge is -2.17. The fraction of sp³-hybridized carbons (Fsp3) is 0.800. The van der Waals surface area contributed by atoms with E-state index in [0.717, 1.165) is 0 Å². The maximum Gasteiger partial charge on any atom is 0.241 e. The third kappa shape index (κ3) is 6.90. The van der Waals surface area contributed by atoms with Gasteiger partial charge in [-0.1, -0.05) is 20.8 Å². The first kappa shape index (κ1) is 13.9. The van der Waals surface area contributed by atoms with Gasteiger partial charge in [-0.3, -0.25) is 9.79 Å². The van der Waals surface area contributed by atoms with Gasteiger partial charge in [-0.05, 0) is 0 Å². The van der Waals surface area contributed by atoms with Crippen molar-refractivity contribution in [3.8, 4) is 0 Å². The molecular weight excluding hydrogens is 194 g/mol. The number of nitrogens with two attached hydrogens (primary N) is 1. The zero-order valence-electron chi connectivity index (χ0n) is 9.96. The molecule has 0 aliphatic carbocycles. The first-order valence-electron chi connectivity index (χ1n) is 4.94. The number of nitrogens with one attached hydrogen (secondary N) is 1. The molecule has 5 nitrogen and oxygen atoms in total. The summed E-state index contributed by atoms with van der Waals surface area (Å²) in [6.07, 6.45) is 0. The lowest BCUT2D eigenvalue weighted by Crippen LogP contribution is -2.33. The maximum absolute atomic E-state index is 11.2. The van der Waals surface area contributed by atoms with Crippen LogP contribution in [0.25, 0.3) is 0 Å². The summed E-state index contributed by atoms with van der Waals surface area (Å²) in [6.45, 7) is 6.94. The van der Waals surface area contributed by atoms with Crippen molar-refractivity contribution in [1.29, 1.82) is 0 Å². The Bertz CT molecular complexity index is 231. The third-order valence-electron chi connectivity index (χ3n) is 1.79. The van der Waals surface area contributed by atoms with Crippen molar-refractivity contribution >= 4 is 11.7 Å². The van der Waals surface area contributed by atoms with E-state index in [-0.39, 0.29) is 17.9 Å². The predicted molar refractivity (Wildman–Crippen MR) is 60.8 cm³/mol. The van der Waals surface area contributed by atoms with Gasteiger partial charge in [-0.25, -0.2) is 0 Å². The van der Waals surface area contributed by atoms with E-state index >= 15 is 0 Å². The molecule has 0 radical (unpaired) electrons. The number of amidine groups is 1. The largest absolute Gasteiger partial charge is 0.387 e. The molecule has 0 aromatic carbocycles. The molecule has 3 N–H and O–H groups in total. The molecular formula is C10H21N3O2. The smallest absolute Gasteiger partial charge is 0.241 e. The average Bonchev–Trinajstić information content (AvgIpc) is 2.13. The molecule has 88 valence electrons. The number of aliphatic imine (C=N–C) groups is 1. The van der Waals surface area contributed by atoms with Crippen molar-refractivity contribution in [3.05, 3.63) is 0 Å². The standard InChI is InChI=1S/C10H21N3O2/c1-10(2,3)9(11)13-7-8(14)12-5-6-15-4/h5-7H2,1-4H3,(H2,11,13)(H,12,14). The van der Waals surface area contributed by atoms with E-state index in [4.69, 9.17) is 10.5 Å². The number of ether oxygens (including phenoxy) is 1. The fourth-order valence-electron chi connectivity index (χ4n) is 0.743. The Morgan fingerprint density at radius 1 is 1.47 bits per heavy atom. The Labute approximate surface area is 91.1 Å². The van der Waals surface area contributed by atoms with E-state index in [9.17, 15) is 4.79 Å². The van der Waals surface area contributed by atoms with Gasteiger partial charge < -0.3 is 15.8 Å². The van der Waals surface area contributed by atoms with Gasteiger partial charge in [0, 0.05) is 19.1 Å². The molecule has 0 fully saturated rings. The molecule has 1 amide bonds. The highest BCUT2D eigenvalue weighted by Gasteiger charge is 2.15. The zero-order valence-corrected chi connectivity index (χ0v) is 9.96. The van der Waals surface area contributed by atoms with E-state index in [2.05, 4.69) is 10.3 Å². The van der Waals surface area contributed by atoms with E-state index in [1.807, 2.05) is 20.8 Å². The number of hydrogen-bond donors (Lipinski definition) is 2. The van der Waals surface area contributed by atoms with E-state index in [1.165, 1.54) is 0 Å². The second-order valence-corrected chi connectivity index (χ2v) is 4.29. The first-order valence-corrected chi connectivity index (χ1v) is 4.94. The van der Waals surface area contributed by atoms with Gasteiger partial charge in [-0.2, -0.15) is 0 Å². The molecule has 0 rings (SSSR count). The molecule has 5 heteroatoms. The minimum atomic E-state index is -0.188. The van der Waals surface area contributed by atoms with Gasteiger partial charge >= 0.3 is 0 Å². The SMILES string of the molecule is COCCNC(=O)CN=C(N)C(C)(C)C. The van der Waals surface area contributed by atoms with Crippen LogP contribution in [0.4, 0.5) is 0 Å². The minimum Gasteiger partial charge on any atom is -0.387 e. The Morgan fingerprint density at radius 3 is 2.53 bits per heavy atom. The molecule has 0 spiro atoms. The minimum absolute atomic E-state index is 0.0762. The Morgan fingerprint density at radius 2 is 2.07 bits per heavy atom. The number of hydrogen-bond acceptors (Lipinski definition) is 3. The molecule has 0 aromatic heterocycles. The molecule has 0 aliphatic rings. The quantitative estimate of drug-likeness (QED) is 0.389. The van der Waals surface area contributed by atoms with Crippen LogP contribution in [0.5, 0.6) is 0 Å². The Hall–Kier alpha value is -1.10. The van der Waals surface area contributed by atoms with Crippen LogP contribution in [-0.2, 0) is 9.53 Å². The molecule has 0 heterocycles. The van der Waals surface area contributed by atoms with Crippen LogP contribution in [0.1, 0.15) is 20.8 Å². The number of carbonyl (C=O) groups is 1. The van der Waals surface area contributed by atoms with Crippen molar-refractivity contribution in [1.82, 2.24) is 5.32 Å². The second-order valence-electron chi connectivity index (χ2n) is 4.29. The van der Waals surface area contributed by atoms with Crippen molar-refractivity contribution in [2.75, 3.05) is 26.8 Å². The number of rotatable bonds is 5. The Kier molecular flexibility index (Phi) is 5.93. The third-order valence-corrected chi connectivity index (χ3v) is 1.79. The highest BCUT2D eigenvalue weighted by molar-refractivity contribution is 5.88. The van der Waals surface area contributed by atoms with Gasteiger partial charge in [0.25, 0.3) is 0 Å². The maximum atomic E-state index is 11.2. The van der Waals surface area contributed by atoms with Crippen LogP contribution in [0, 0.1) is 5.41 Å². The van der Waals surface area contributed by atoms with Crippen LogP contribution in [-0.4, -0.2) is 38.5 Å². The van der Waals surface area contributed by atoms with E-state index in [1.54, 1.807) is 7.11 Å². The van der Waals surface area contributed by atoms with Crippen molar-refractivity contribution in [3.63, 3.8) is 0 Å². The van der Waals surface area contributed by atoms with Crippen LogP contribution >= 0.6 is 0 Å². The number of amides is 1. The van der Waals surface area contributed by atoms with Gasteiger partial charge in [0.1, 0.15) is 6.54 Å². The lowest BCUT2D eigenvalue weighted by molar-refractivity contribution is -0.119. The van der Waals surface area contributed by atoms with Crippen molar-refractivity contribution in [2.24, 2.45) is 16.1 Å². The highest BCUT2D eigenvalue weighted by atomic mass is 16.5. The number of methoxy groups -OCH3 is 1. The first-order chi connectivity index (χ1) is 6.88. The van der Waals surface area contributed by atoms with Crippen LogP contribution in [0.2, 0.25) is 0 Å². The van der Waals surface area contributed by atoms with Crippen molar-refractivity contribution in [2.45, 2.75) is 20.8 Å². The molecule has 0 saturated carbocycles. The van der Waals surface area contributed by atoms with Gasteiger partial charge in [0.2, 0.25) is 5.91 Å². The molecule has 15 heavy (non-hydrogen) atoms. The molecule has 0 atom stereocenters. The monoisotopic (exact) mass is 215 g/mol. The van der Waals surface area contributed by atoms with Gasteiger partial charge in [0.05, 0.1) is 12.4 Å². The Balaban J connectivity index is 3.89. The summed E-state index contributed by atoms with van der Waals surface area (Å²) < 4.78 is 4.80. The highest BCUT2D eigenvalue weighted by Crippen LogP contribution is 2.12. The summed E-state index contributed by atoms with van der Waals surface area (Å²) in [7, 11) is 1.59. The summed E-state index contributed by atoms with van der Waals surface area (Å²) in [4.78, 5) is 15.2. The lowest BCUT2D eigenvalue weighted by atomic mass is 9.95. The summed E-state index contributed by atoms with van der Waals surface area (Å²) >= 11 is 0. The summed E-state index contributed by atoms with van der Waals surface area (Å²) in [5.41, 5.74) is 5.51. The van der Waals surface area contributed by atoms with Crippen LogP contribution in [0.3, 0.4) is 0 Å². The zero-order chi connectivity index (χ0) is 11.9. The van der Waals surface area contributed by atoms with Crippen LogP contribution in [0.15, 0.2) is 4.99 Å². The average molecular weight is 215 g/mol. The van der Waals surface area contributed by atoms with Gasteiger partial charge in [-0.15, -0.1) is 0 Å². The van der Waals surface area contributed by atoms with E-state index in [0.29, 0.717) is 19.0 Å². The second kappa shape index (κ2) is 6.40. The summed E-state index contributed by atoms with van der Waals surface area (Å²) in [6, 6.07) is 0. The van der Waals surface area contributed by atoms with Crippen LogP contribution < -0.4 is 11.1 Å². The molecule has 0 unspecified atom stereocenters. The van der Waals surface area contributed by atoms with Gasteiger partial charge in [0.15, 0.2) is 0 Å². The fourth-order valence-corrected chi connectivity index (χ4v) is 0.743. The predicted octanol–water partition coefficient (Wildman–Crippen LogP) is 0.152. The van der Waals surface area contributed by atoms with E-state index < -0.39 is 0 Å². The normalized spacial score (nSPS) is 12.7. The summed E-state index contributed by atoms with van der Waals surface area (Å²) in [5.74, 6) is 0.351. The molecule has 0 saturated heterocycles. The molecule has 0 bridgehead atoms.